The molecule has 6 nitrogen and oxygen atoms in total. The predicted octanol–water partition coefficient (Wildman–Crippen LogP) is 0.395. The molecule has 0 aliphatic rings. The van der Waals surface area contributed by atoms with Crippen molar-refractivity contribution in [2.24, 2.45) is 5.84 Å². The molecule has 2 aromatic rings. The number of nitrogen functional groups attached to an aromatic ring is 1. The number of aryl methyl sites for hydroxylation is 1. The van der Waals surface area contributed by atoms with Gasteiger partial charge in [0.25, 0.3) is 0 Å². The molecule has 7 heteroatoms. The molecule has 0 aliphatic heterocycles. The zero-order chi connectivity index (χ0) is 10.8. The topological polar surface area (TPSA) is 81.7 Å². The first-order valence-electron chi connectivity index (χ1n) is 4.22. The molecule has 0 radical (unpaired) electrons. The van der Waals surface area contributed by atoms with Gasteiger partial charge >= 0.3 is 0 Å². The average Bonchev–Trinajstić information content (AvgIpc) is 2.65. The Morgan fingerprint density at radius 1 is 1.47 bits per heavy atom. The highest BCUT2D eigenvalue weighted by Gasteiger charge is 2.10. The molecule has 0 saturated carbocycles. The Balaban J connectivity index is 2.56. The molecular weight excluding hydrogens is 199 g/mol. The largest absolute Gasteiger partial charge is 0.292 e. The molecule has 0 aromatic carbocycles. The van der Waals surface area contributed by atoms with E-state index in [-0.39, 0.29) is 11.8 Å². The number of hydrogen-bond donors (Lipinski definition) is 2. The van der Waals surface area contributed by atoms with Crippen LogP contribution in [-0.2, 0) is 0 Å². The predicted molar refractivity (Wildman–Crippen MR) is 51.7 cm³/mol. The van der Waals surface area contributed by atoms with Crippen LogP contribution >= 0.6 is 0 Å². The van der Waals surface area contributed by atoms with Crippen molar-refractivity contribution in [2.75, 3.05) is 5.43 Å². The fraction of sp³-hybridized carbons (Fsp3) is 0.125. The molecule has 0 amide bonds. The lowest BCUT2D eigenvalue weighted by atomic mass is 10.5. The standard InChI is InChI=1S/C8H9FN6/c1-5-11-2-3-15(5)7-6(9)4-12-8(13-7)14-10/h2-4H,10H2,1H3,(H,12,13,14). The molecule has 2 rings (SSSR count). The smallest absolute Gasteiger partial charge is 0.239 e. The average molecular weight is 208 g/mol. The minimum Gasteiger partial charge on any atom is -0.292 e. The Morgan fingerprint density at radius 2 is 2.27 bits per heavy atom. The molecule has 0 bridgehead atoms. The molecular formula is C8H9FN6. The summed E-state index contributed by atoms with van der Waals surface area (Å²) in [4.78, 5) is 11.5. The van der Waals surface area contributed by atoms with E-state index in [1.807, 2.05) is 0 Å². The van der Waals surface area contributed by atoms with E-state index in [9.17, 15) is 4.39 Å². The van der Waals surface area contributed by atoms with Crippen LogP contribution in [0.15, 0.2) is 18.6 Å². The molecule has 0 atom stereocenters. The SMILES string of the molecule is Cc1nccn1-c1nc(NN)ncc1F. The summed E-state index contributed by atoms with van der Waals surface area (Å²) in [5.41, 5.74) is 2.25. The number of nitrogens with two attached hydrogens (primary N) is 1. The Kier molecular flexibility index (Phi) is 2.30. The van der Waals surface area contributed by atoms with E-state index < -0.39 is 5.82 Å². The van der Waals surface area contributed by atoms with Gasteiger partial charge in [0.1, 0.15) is 5.82 Å². The fourth-order valence-corrected chi connectivity index (χ4v) is 1.20. The number of hydrogen-bond acceptors (Lipinski definition) is 5. The van der Waals surface area contributed by atoms with Crippen molar-refractivity contribution in [3.8, 4) is 5.82 Å². The van der Waals surface area contributed by atoms with Gasteiger partial charge in [-0.15, -0.1) is 0 Å². The van der Waals surface area contributed by atoms with Crippen molar-refractivity contribution in [2.45, 2.75) is 6.92 Å². The van der Waals surface area contributed by atoms with Crippen molar-refractivity contribution < 1.29 is 4.39 Å². The summed E-state index contributed by atoms with van der Waals surface area (Å²) in [7, 11) is 0. The van der Waals surface area contributed by atoms with Crippen LogP contribution in [0.1, 0.15) is 5.82 Å². The third-order valence-corrected chi connectivity index (χ3v) is 1.91. The van der Waals surface area contributed by atoms with Gasteiger partial charge in [-0.25, -0.2) is 20.2 Å². The Hall–Kier alpha value is -2.02. The highest BCUT2D eigenvalue weighted by Crippen LogP contribution is 2.12. The third kappa shape index (κ3) is 1.64. The fourth-order valence-electron chi connectivity index (χ4n) is 1.20. The number of aromatic nitrogens is 4. The summed E-state index contributed by atoms with van der Waals surface area (Å²) in [5.74, 6) is 5.51. The lowest BCUT2D eigenvalue weighted by molar-refractivity contribution is 0.600. The molecule has 0 unspecified atom stereocenters. The molecule has 2 aromatic heterocycles. The molecule has 0 fully saturated rings. The number of anilines is 1. The van der Waals surface area contributed by atoms with Gasteiger partial charge in [-0.2, -0.15) is 4.98 Å². The molecule has 0 saturated heterocycles. The van der Waals surface area contributed by atoms with E-state index >= 15 is 0 Å². The molecule has 78 valence electrons. The van der Waals surface area contributed by atoms with Crippen molar-refractivity contribution in [3.05, 3.63) is 30.2 Å². The van der Waals surface area contributed by atoms with Crippen LogP contribution in [0.3, 0.4) is 0 Å². The summed E-state index contributed by atoms with van der Waals surface area (Å²) in [6.07, 6.45) is 4.23. The maximum atomic E-state index is 13.4. The zero-order valence-corrected chi connectivity index (χ0v) is 7.98. The summed E-state index contributed by atoms with van der Waals surface area (Å²) in [6, 6.07) is 0. The van der Waals surface area contributed by atoms with E-state index in [1.54, 1.807) is 19.3 Å². The van der Waals surface area contributed by atoms with Gasteiger partial charge in [-0.3, -0.25) is 9.99 Å². The normalized spacial score (nSPS) is 10.3. The van der Waals surface area contributed by atoms with Crippen LogP contribution < -0.4 is 11.3 Å². The zero-order valence-electron chi connectivity index (χ0n) is 7.98. The monoisotopic (exact) mass is 208 g/mol. The van der Waals surface area contributed by atoms with Crippen LogP contribution in [0.25, 0.3) is 5.82 Å². The quantitative estimate of drug-likeness (QED) is 0.551. The summed E-state index contributed by atoms with van der Waals surface area (Å²) in [6.45, 7) is 1.75. The second-order valence-corrected chi connectivity index (χ2v) is 2.85. The third-order valence-electron chi connectivity index (χ3n) is 1.91. The van der Waals surface area contributed by atoms with Crippen molar-refractivity contribution in [1.29, 1.82) is 0 Å². The molecule has 15 heavy (non-hydrogen) atoms. The minimum atomic E-state index is -0.532. The summed E-state index contributed by atoms with van der Waals surface area (Å²) < 4.78 is 14.9. The highest BCUT2D eigenvalue weighted by atomic mass is 19.1. The summed E-state index contributed by atoms with van der Waals surface area (Å²) >= 11 is 0. The van der Waals surface area contributed by atoms with E-state index in [1.165, 1.54) is 4.57 Å². The van der Waals surface area contributed by atoms with Crippen molar-refractivity contribution >= 4 is 5.95 Å². The second kappa shape index (κ2) is 3.62. The van der Waals surface area contributed by atoms with Gasteiger partial charge in [0, 0.05) is 12.4 Å². The van der Waals surface area contributed by atoms with Crippen molar-refractivity contribution in [1.82, 2.24) is 19.5 Å². The van der Waals surface area contributed by atoms with E-state index in [4.69, 9.17) is 5.84 Å². The minimum absolute atomic E-state index is 0.118. The van der Waals surface area contributed by atoms with Crippen LogP contribution in [0, 0.1) is 12.7 Å². The number of rotatable bonds is 2. The first-order valence-corrected chi connectivity index (χ1v) is 4.22. The Morgan fingerprint density at radius 3 is 2.87 bits per heavy atom. The van der Waals surface area contributed by atoms with E-state index in [2.05, 4.69) is 20.4 Å². The highest BCUT2D eigenvalue weighted by molar-refractivity contribution is 5.32. The van der Waals surface area contributed by atoms with Crippen molar-refractivity contribution in [3.63, 3.8) is 0 Å². The lowest BCUT2D eigenvalue weighted by Gasteiger charge is -2.06. The van der Waals surface area contributed by atoms with Crippen LogP contribution in [-0.4, -0.2) is 19.5 Å². The molecule has 2 heterocycles. The maximum absolute atomic E-state index is 13.4. The number of imidazole rings is 1. The Labute approximate surface area is 85.0 Å². The molecule has 3 N–H and O–H groups in total. The van der Waals surface area contributed by atoms with Crippen LogP contribution in [0.2, 0.25) is 0 Å². The second-order valence-electron chi connectivity index (χ2n) is 2.85. The van der Waals surface area contributed by atoms with Gasteiger partial charge in [0.15, 0.2) is 11.6 Å². The first-order chi connectivity index (χ1) is 7.22. The number of nitrogens with one attached hydrogen (secondary N) is 1. The van der Waals surface area contributed by atoms with Gasteiger partial charge < -0.3 is 0 Å². The Bertz CT molecular complexity index is 480. The van der Waals surface area contributed by atoms with E-state index in [0.717, 1.165) is 6.20 Å². The number of nitrogens with zero attached hydrogens (tertiary/aromatic N) is 4. The maximum Gasteiger partial charge on any atom is 0.239 e. The van der Waals surface area contributed by atoms with Gasteiger partial charge in [-0.1, -0.05) is 0 Å². The van der Waals surface area contributed by atoms with Crippen LogP contribution in [0.4, 0.5) is 10.3 Å². The van der Waals surface area contributed by atoms with Crippen LogP contribution in [0.5, 0.6) is 0 Å². The summed E-state index contributed by atoms with van der Waals surface area (Å²) in [5, 5.41) is 0. The first kappa shape index (κ1) is 9.53. The van der Waals surface area contributed by atoms with Gasteiger partial charge in [0.2, 0.25) is 5.95 Å². The molecule has 0 aliphatic carbocycles. The number of halogens is 1. The molecule has 0 spiro atoms. The van der Waals surface area contributed by atoms with Gasteiger partial charge in [0.05, 0.1) is 6.20 Å². The van der Waals surface area contributed by atoms with Gasteiger partial charge in [-0.05, 0) is 6.92 Å². The number of hydrazine groups is 1. The van der Waals surface area contributed by atoms with E-state index in [0.29, 0.717) is 5.82 Å². The lowest BCUT2D eigenvalue weighted by Crippen LogP contribution is -2.13.